The molecule has 0 aliphatic rings. The number of anilines is 2. The molecule has 0 unspecified atom stereocenters. The van der Waals surface area contributed by atoms with E-state index in [2.05, 4.69) is 20.0 Å². The molecule has 2 N–H and O–H groups in total. The minimum Gasteiger partial charge on any atom is -0.497 e. The zero-order valence-corrected chi connectivity index (χ0v) is 18.4. The van der Waals surface area contributed by atoms with Gasteiger partial charge in [-0.3, -0.25) is 4.79 Å². The highest BCUT2D eigenvalue weighted by molar-refractivity contribution is 7.92. The topological polar surface area (TPSA) is 110 Å². The van der Waals surface area contributed by atoms with Crippen LogP contribution in [0.2, 0.25) is 0 Å². The van der Waals surface area contributed by atoms with Gasteiger partial charge in [-0.05, 0) is 68.3 Å². The zero-order chi connectivity index (χ0) is 22.4. The van der Waals surface area contributed by atoms with E-state index in [4.69, 9.17) is 4.74 Å². The molecule has 1 amide bonds. The number of ether oxygens (including phenoxy) is 1. The second kappa shape index (κ2) is 9.57. The first-order chi connectivity index (χ1) is 14.7. The normalized spacial score (nSPS) is 11.1. The summed E-state index contributed by atoms with van der Waals surface area (Å²) in [4.78, 5) is 20.4. The minimum absolute atomic E-state index is 0.0217. The van der Waals surface area contributed by atoms with Crippen LogP contribution in [-0.4, -0.2) is 31.4 Å². The average Bonchev–Trinajstić information content (AvgIpc) is 2.72. The molecule has 1 aromatic heterocycles. The van der Waals surface area contributed by atoms with Gasteiger partial charge in [-0.2, -0.15) is 0 Å². The minimum atomic E-state index is -3.84. The molecule has 162 valence electrons. The number of benzene rings is 2. The molecule has 2 aromatic carbocycles. The van der Waals surface area contributed by atoms with Crippen LogP contribution in [0.15, 0.2) is 59.5 Å². The Morgan fingerprint density at radius 2 is 1.58 bits per heavy atom. The number of hydrogen-bond acceptors (Lipinski definition) is 6. The van der Waals surface area contributed by atoms with Gasteiger partial charge >= 0.3 is 0 Å². The summed E-state index contributed by atoms with van der Waals surface area (Å²) in [6.45, 7) is 3.52. The predicted molar refractivity (Wildman–Crippen MR) is 119 cm³/mol. The molecular weight excluding hydrogens is 416 g/mol. The SMILES string of the molecule is COc1ccc(CCC(=O)Nc2ccc(S(=O)(=O)Nc3nc(C)cc(C)n3)cc2)cc1. The lowest BCUT2D eigenvalue weighted by molar-refractivity contribution is -0.116. The standard InChI is InChI=1S/C22H24N4O4S/c1-15-14-16(2)24-22(23-15)26-31(28,29)20-11-7-18(8-12-20)25-21(27)13-6-17-4-9-19(30-3)10-5-17/h4-5,7-12,14H,6,13H2,1-3H3,(H,25,27)(H,23,24,26). The molecule has 31 heavy (non-hydrogen) atoms. The molecule has 0 aliphatic heterocycles. The third kappa shape index (κ3) is 6.26. The van der Waals surface area contributed by atoms with Crippen molar-refractivity contribution in [3.8, 4) is 5.75 Å². The summed E-state index contributed by atoms with van der Waals surface area (Å²) < 4.78 is 32.6. The van der Waals surface area contributed by atoms with Crippen molar-refractivity contribution in [2.75, 3.05) is 17.1 Å². The van der Waals surface area contributed by atoms with E-state index in [0.717, 1.165) is 11.3 Å². The van der Waals surface area contributed by atoms with Crippen molar-refractivity contribution in [2.24, 2.45) is 0 Å². The Morgan fingerprint density at radius 3 is 2.16 bits per heavy atom. The first-order valence-corrected chi connectivity index (χ1v) is 11.1. The van der Waals surface area contributed by atoms with Crippen LogP contribution < -0.4 is 14.8 Å². The molecule has 3 rings (SSSR count). The van der Waals surface area contributed by atoms with Gasteiger partial charge in [-0.25, -0.2) is 23.1 Å². The Kier molecular flexibility index (Phi) is 6.86. The van der Waals surface area contributed by atoms with Gasteiger partial charge in [0, 0.05) is 23.5 Å². The molecule has 8 nitrogen and oxygen atoms in total. The number of rotatable bonds is 8. The molecule has 0 radical (unpaired) electrons. The number of nitrogens with zero attached hydrogens (tertiary/aromatic N) is 2. The fourth-order valence-electron chi connectivity index (χ4n) is 2.94. The molecule has 0 bridgehead atoms. The Labute approximate surface area is 181 Å². The van der Waals surface area contributed by atoms with Crippen molar-refractivity contribution < 1.29 is 17.9 Å². The third-order valence-electron chi connectivity index (χ3n) is 4.46. The van der Waals surface area contributed by atoms with Crippen LogP contribution in [0.25, 0.3) is 0 Å². The Hall–Kier alpha value is -3.46. The summed E-state index contributed by atoms with van der Waals surface area (Å²) in [5.74, 6) is 0.628. The number of aromatic nitrogens is 2. The number of carbonyl (C=O) groups is 1. The van der Waals surface area contributed by atoms with Gasteiger partial charge in [0.05, 0.1) is 12.0 Å². The molecule has 9 heteroatoms. The van der Waals surface area contributed by atoms with Crippen molar-refractivity contribution in [3.63, 3.8) is 0 Å². The predicted octanol–water partition coefficient (Wildman–Crippen LogP) is 3.47. The summed E-state index contributed by atoms with van der Waals surface area (Å²) in [6.07, 6.45) is 0.889. The maximum absolute atomic E-state index is 12.6. The number of carbonyl (C=O) groups excluding carboxylic acids is 1. The lowest BCUT2D eigenvalue weighted by Gasteiger charge is -2.09. The van der Waals surface area contributed by atoms with Crippen LogP contribution in [0.5, 0.6) is 5.75 Å². The number of sulfonamides is 1. The maximum Gasteiger partial charge on any atom is 0.264 e. The lowest BCUT2D eigenvalue weighted by atomic mass is 10.1. The monoisotopic (exact) mass is 440 g/mol. The van der Waals surface area contributed by atoms with Crippen molar-refractivity contribution in [1.82, 2.24) is 9.97 Å². The first kappa shape index (κ1) is 22.2. The van der Waals surface area contributed by atoms with Gasteiger partial charge in [0.25, 0.3) is 10.0 Å². The zero-order valence-electron chi connectivity index (χ0n) is 17.5. The Bertz CT molecular complexity index is 1140. The second-order valence-electron chi connectivity index (χ2n) is 7.00. The Balaban J connectivity index is 1.58. The van der Waals surface area contributed by atoms with E-state index in [-0.39, 0.29) is 16.8 Å². The molecule has 0 aliphatic carbocycles. The largest absolute Gasteiger partial charge is 0.497 e. The van der Waals surface area contributed by atoms with Crippen LogP contribution in [0.4, 0.5) is 11.6 Å². The van der Waals surface area contributed by atoms with E-state index < -0.39 is 10.0 Å². The fraction of sp³-hybridized carbons (Fsp3) is 0.227. The summed E-state index contributed by atoms with van der Waals surface area (Å²) in [7, 11) is -2.24. The molecule has 1 heterocycles. The molecule has 0 saturated carbocycles. The highest BCUT2D eigenvalue weighted by Crippen LogP contribution is 2.18. The summed E-state index contributed by atoms with van der Waals surface area (Å²) in [5, 5.41) is 2.77. The quantitative estimate of drug-likeness (QED) is 0.555. The smallest absolute Gasteiger partial charge is 0.264 e. The van der Waals surface area contributed by atoms with Gasteiger partial charge < -0.3 is 10.1 Å². The Morgan fingerprint density at radius 1 is 0.968 bits per heavy atom. The van der Waals surface area contributed by atoms with E-state index >= 15 is 0 Å². The molecular formula is C22H24N4O4S. The molecule has 0 spiro atoms. The van der Waals surface area contributed by atoms with E-state index in [9.17, 15) is 13.2 Å². The van der Waals surface area contributed by atoms with Crippen LogP contribution >= 0.6 is 0 Å². The van der Waals surface area contributed by atoms with Gasteiger partial charge in [0.15, 0.2) is 0 Å². The van der Waals surface area contributed by atoms with Gasteiger partial charge in [-0.1, -0.05) is 12.1 Å². The van der Waals surface area contributed by atoms with Crippen LogP contribution in [0.3, 0.4) is 0 Å². The lowest BCUT2D eigenvalue weighted by Crippen LogP contribution is -2.16. The first-order valence-electron chi connectivity index (χ1n) is 9.63. The van der Waals surface area contributed by atoms with E-state index in [1.165, 1.54) is 12.1 Å². The number of amides is 1. The maximum atomic E-state index is 12.6. The average molecular weight is 441 g/mol. The van der Waals surface area contributed by atoms with E-state index in [1.54, 1.807) is 39.2 Å². The third-order valence-corrected chi connectivity index (χ3v) is 5.80. The van der Waals surface area contributed by atoms with E-state index in [1.807, 2.05) is 24.3 Å². The van der Waals surface area contributed by atoms with Crippen molar-refractivity contribution in [1.29, 1.82) is 0 Å². The highest BCUT2D eigenvalue weighted by atomic mass is 32.2. The van der Waals surface area contributed by atoms with Crippen LogP contribution in [-0.2, 0) is 21.2 Å². The van der Waals surface area contributed by atoms with Crippen molar-refractivity contribution in [3.05, 3.63) is 71.5 Å². The number of hydrogen-bond donors (Lipinski definition) is 2. The molecule has 0 saturated heterocycles. The van der Waals surface area contributed by atoms with E-state index in [0.29, 0.717) is 29.9 Å². The highest BCUT2D eigenvalue weighted by Gasteiger charge is 2.16. The number of methoxy groups -OCH3 is 1. The molecule has 0 atom stereocenters. The van der Waals surface area contributed by atoms with Crippen molar-refractivity contribution >= 4 is 27.6 Å². The number of nitrogens with one attached hydrogen (secondary N) is 2. The van der Waals surface area contributed by atoms with Crippen LogP contribution in [0, 0.1) is 13.8 Å². The van der Waals surface area contributed by atoms with Crippen LogP contribution in [0.1, 0.15) is 23.4 Å². The van der Waals surface area contributed by atoms with Gasteiger partial charge in [-0.15, -0.1) is 0 Å². The summed E-state index contributed by atoms with van der Waals surface area (Å²) in [5.41, 5.74) is 2.87. The van der Waals surface area contributed by atoms with Gasteiger partial charge in [0.1, 0.15) is 5.75 Å². The second-order valence-corrected chi connectivity index (χ2v) is 8.68. The fourth-order valence-corrected chi connectivity index (χ4v) is 3.89. The number of aryl methyl sites for hydroxylation is 3. The summed E-state index contributed by atoms with van der Waals surface area (Å²) in [6, 6.07) is 15.2. The summed E-state index contributed by atoms with van der Waals surface area (Å²) >= 11 is 0. The van der Waals surface area contributed by atoms with Gasteiger partial charge in [0.2, 0.25) is 11.9 Å². The molecule has 3 aromatic rings. The van der Waals surface area contributed by atoms with Crippen molar-refractivity contribution in [2.45, 2.75) is 31.6 Å². The molecule has 0 fully saturated rings.